The lowest BCUT2D eigenvalue weighted by atomic mass is 10.1. The van der Waals surface area contributed by atoms with Crippen molar-refractivity contribution in [3.8, 4) is 0 Å². The average Bonchev–Trinajstić information content (AvgIpc) is 2.28. The number of aryl methyl sites for hydroxylation is 1. The number of halogens is 5. The third-order valence-electron chi connectivity index (χ3n) is 2.86. The average molecular weight is 281 g/mol. The fourth-order valence-corrected chi connectivity index (χ4v) is 1.71. The van der Waals surface area contributed by atoms with Crippen molar-refractivity contribution in [3.63, 3.8) is 0 Å². The SMILES string of the molecule is CCN(CCC(F)(F)C(F)(F)F)c1cccc(C)c1. The zero-order valence-electron chi connectivity index (χ0n) is 10.8. The van der Waals surface area contributed by atoms with Gasteiger partial charge in [-0.2, -0.15) is 22.0 Å². The van der Waals surface area contributed by atoms with Crippen LogP contribution in [-0.2, 0) is 0 Å². The van der Waals surface area contributed by atoms with Crippen LogP contribution in [0.5, 0.6) is 0 Å². The number of hydrogen-bond acceptors (Lipinski definition) is 1. The van der Waals surface area contributed by atoms with Crippen molar-refractivity contribution < 1.29 is 22.0 Å². The molecule has 0 aromatic heterocycles. The van der Waals surface area contributed by atoms with Crippen LogP contribution in [-0.4, -0.2) is 25.2 Å². The third-order valence-corrected chi connectivity index (χ3v) is 2.86. The molecule has 0 amide bonds. The molecule has 0 saturated heterocycles. The molecule has 1 nitrogen and oxygen atoms in total. The van der Waals surface area contributed by atoms with Gasteiger partial charge in [0.05, 0.1) is 0 Å². The standard InChI is InChI=1S/C13H16F5N/c1-3-19(11-6-4-5-10(2)9-11)8-7-12(14,15)13(16,17)18/h4-6,9H,3,7-8H2,1-2H3. The Balaban J connectivity index is 2.74. The fraction of sp³-hybridized carbons (Fsp3) is 0.538. The Bertz CT molecular complexity index is 414. The first-order valence-electron chi connectivity index (χ1n) is 5.93. The number of anilines is 1. The van der Waals surface area contributed by atoms with Gasteiger partial charge in [-0.1, -0.05) is 12.1 Å². The van der Waals surface area contributed by atoms with Crippen LogP contribution in [0.4, 0.5) is 27.6 Å². The molecule has 0 aliphatic heterocycles. The predicted molar refractivity (Wildman–Crippen MR) is 64.7 cm³/mol. The lowest BCUT2D eigenvalue weighted by Crippen LogP contribution is -2.40. The van der Waals surface area contributed by atoms with Crippen LogP contribution in [0.25, 0.3) is 0 Å². The van der Waals surface area contributed by atoms with Crippen LogP contribution in [0.15, 0.2) is 24.3 Å². The van der Waals surface area contributed by atoms with Crippen molar-refractivity contribution in [2.75, 3.05) is 18.0 Å². The van der Waals surface area contributed by atoms with Gasteiger partial charge < -0.3 is 4.90 Å². The van der Waals surface area contributed by atoms with Crippen LogP contribution < -0.4 is 4.90 Å². The normalized spacial score (nSPS) is 12.6. The summed E-state index contributed by atoms with van der Waals surface area (Å²) in [5, 5.41) is 0. The monoisotopic (exact) mass is 281 g/mol. The minimum atomic E-state index is -5.49. The molecule has 0 spiro atoms. The van der Waals surface area contributed by atoms with E-state index < -0.39 is 18.5 Å². The second kappa shape index (κ2) is 5.75. The Labute approximate surface area is 109 Å². The van der Waals surface area contributed by atoms with Gasteiger partial charge in [-0.3, -0.25) is 0 Å². The molecular formula is C13H16F5N. The van der Waals surface area contributed by atoms with Crippen LogP contribution in [0, 0.1) is 6.92 Å². The van der Waals surface area contributed by atoms with E-state index >= 15 is 0 Å². The summed E-state index contributed by atoms with van der Waals surface area (Å²) in [6.07, 6.45) is -6.72. The molecule has 0 atom stereocenters. The third kappa shape index (κ3) is 4.08. The van der Waals surface area contributed by atoms with Crippen LogP contribution in [0.3, 0.4) is 0 Å². The van der Waals surface area contributed by atoms with Crippen LogP contribution >= 0.6 is 0 Å². The second-order valence-corrected chi connectivity index (χ2v) is 4.37. The van der Waals surface area contributed by atoms with Gasteiger partial charge in [0, 0.05) is 25.2 Å². The van der Waals surface area contributed by atoms with Gasteiger partial charge >= 0.3 is 12.1 Å². The lowest BCUT2D eigenvalue weighted by Gasteiger charge is -2.27. The number of hydrogen-bond donors (Lipinski definition) is 0. The highest BCUT2D eigenvalue weighted by Crippen LogP contribution is 2.38. The van der Waals surface area contributed by atoms with Crippen molar-refractivity contribution in [1.82, 2.24) is 0 Å². The van der Waals surface area contributed by atoms with E-state index in [1.165, 1.54) is 4.90 Å². The highest BCUT2D eigenvalue weighted by molar-refractivity contribution is 5.48. The molecule has 0 aliphatic carbocycles. The van der Waals surface area contributed by atoms with E-state index in [1.54, 1.807) is 25.1 Å². The fourth-order valence-electron chi connectivity index (χ4n) is 1.71. The zero-order chi connectivity index (χ0) is 14.7. The summed E-state index contributed by atoms with van der Waals surface area (Å²) < 4.78 is 62.0. The topological polar surface area (TPSA) is 3.24 Å². The minimum absolute atomic E-state index is 0.341. The van der Waals surface area contributed by atoms with Gasteiger partial charge in [-0.15, -0.1) is 0 Å². The van der Waals surface area contributed by atoms with Crippen molar-refractivity contribution in [2.45, 2.75) is 32.4 Å². The molecule has 19 heavy (non-hydrogen) atoms. The van der Waals surface area contributed by atoms with E-state index in [-0.39, 0.29) is 6.54 Å². The highest BCUT2D eigenvalue weighted by atomic mass is 19.4. The molecule has 108 valence electrons. The first-order valence-corrected chi connectivity index (χ1v) is 5.93. The molecule has 0 bridgehead atoms. The number of nitrogens with zero attached hydrogens (tertiary/aromatic N) is 1. The molecule has 0 radical (unpaired) electrons. The molecule has 1 aromatic carbocycles. The van der Waals surface area contributed by atoms with E-state index in [1.807, 2.05) is 13.0 Å². The van der Waals surface area contributed by atoms with E-state index in [0.29, 0.717) is 12.2 Å². The maximum absolute atomic E-state index is 12.9. The Hall–Kier alpha value is -1.33. The molecule has 0 N–H and O–H groups in total. The Morgan fingerprint density at radius 1 is 1.11 bits per heavy atom. The molecule has 0 heterocycles. The summed E-state index contributed by atoms with van der Waals surface area (Å²) in [7, 11) is 0. The minimum Gasteiger partial charge on any atom is -0.372 e. The summed E-state index contributed by atoms with van der Waals surface area (Å²) in [4.78, 5) is 1.51. The maximum Gasteiger partial charge on any atom is 0.453 e. The Kier molecular flexibility index (Phi) is 4.76. The van der Waals surface area contributed by atoms with E-state index in [9.17, 15) is 22.0 Å². The summed E-state index contributed by atoms with van der Waals surface area (Å²) in [5.74, 6) is -4.65. The first-order chi connectivity index (χ1) is 8.67. The van der Waals surface area contributed by atoms with Crippen molar-refractivity contribution in [2.24, 2.45) is 0 Å². The van der Waals surface area contributed by atoms with E-state index in [4.69, 9.17) is 0 Å². The van der Waals surface area contributed by atoms with Crippen molar-refractivity contribution >= 4 is 5.69 Å². The summed E-state index contributed by atoms with van der Waals surface area (Å²) in [5.41, 5.74) is 1.58. The van der Waals surface area contributed by atoms with E-state index in [2.05, 4.69) is 0 Å². The molecule has 0 fully saturated rings. The largest absolute Gasteiger partial charge is 0.453 e. The first kappa shape index (κ1) is 15.7. The van der Waals surface area contributed by atoms with Crippen molar-refractivity contribution in [1.29, 1.82) is 0 Å². The number of rotatable bonds is 5. The smallest absolute Gasteiger partial charge is 0.372 e. The summed E-state index contributed by atoms with van der Waals surface area (Å²) in [6, 6.07) is 7.04. The molecule has 0 aliphatic rings. The molecule has 6 heteroatoms. The van der Waals surface area contributed by atoms with Gasteiger partial charge in [0.15, 0.2) is 0 Å². The second-order valence-electron chi connectivity index (χ2n) is 4.37. The Morgan fingerprint density at radius 2 is 1.74 bits per heavy atom. The van der Waals surface area contributed by atoms with Crippen molar-refractivity contribution in [3.05, 3.63) is 29.8 Å². The van der Waals surface area contributed by atoms with E-state index in [0.717, 1.165) is 5.56 Å². The maximum atomic E-state index is 12.9. The number of benzene rings is 1. The van der Waals surface area contributed by atoms with Gasteiger partial charge in [0.1, 0.15) is 0 Å². The Morgan fingerprint density at radius 3 is 2.21 bits per heavy atom. The zero-order valence-corrected chi connectivity index (χ0v) is 10.8. The van der Waals surface area contributed by atoms with Gasteiger partial charge in [-0.05, 0) is 31.5 Å². The lowest BCUT2D eigenvalue weighted by molar-refractivity contribution is -0.283. The van der Waals surface area contributed by atoms with Gasteiger partial charge in [0.25, 0.3) is 0 Å². The molecule has 0 unspecified atom stereocenters. The van der Waals surface area contributed by atoms with Gasteiger partial charge in [-0.25, -0.2) is 0 Å². The van der Waals surface area contributed by atoms with Gasteiger partial charge in [0.2, 0.25) is 0 Å². The molecule has 1 aromatic rings. The molecule has 0 saturated carbocycles. The summed E-state index contributed by atoms with van der Waals surface area (Å²) in [6.45, 7) is 3.58. The van der Waals surface area contributed by atoms with Crippen LogP contribution in [0.2, 0.25) is 0 Å². The van der Waals surface area contributed by atoms with Crippen LogP contribution in [0.1, 0.15) is 18.9 Å². The molecule has 1 rings (SSSR count). The highest BCUT2D eigenvalue weighted by Gasteiger charge is 2.56. The summed E-state index contributed by atoms with van der Waals surface area (Å²) >= 11 is 0. The number of alkyl halides is 5. The quantitative estimate of drug-likeness (QED) is 0.723. The predicted octanol–water partition coefficient (Wildman–Crippen LogP) is 4.41. The molecular weight excluding hydrogens is 265 g/mol.